The van der Waals surface area contributed by atoms with E-state index >= 15 is 0 Å². The second kappa shape index (κ2) is 5.77. The van der Waals surface area contributed by atoms with Crippen molar-refractivity contribution in [2.75, 3.05) is 18.1 Å². The highest BCUT2D eigenvalue weighted by atomic mass is 16.6. The summed E-state index contributed by atoms with van der Waals surface area (Å²) in [6, 6.07) is 3.19. The summed E-state index contributed by atoms with van der Waals surface area (Å²) in [5, 5.41) is 20.0. The number of pyridine rings is 1. The quantitative estimate of drug-likeness (QED) is 0.653. The van der Waals surface area contributed by atoms with Gasteiger partial charge in [0.05, 0.1) is 17.6 Å². The Bertz CT molecular complexity index is 408. The highest BCUT2D eigenvalue weighted by Crippen LogP contribution is 2.23. The van der Waals surface area contributed by atoms with Gasteiger partial charge in [0.2, 0.25) is 0 Å². The second-order valence-electron chi connectivity index (χ2n) is 4.51. The van der Waals surface area contributed by atoms with Crippen LogP contribution in [0.15, 0.2) is 18.3 Å². The van der Waals surface area contributed by atoms with E-state index in [4.69, 9.17) is 0 Å². The number of nitro groups is 1. The van der Waals surface area contributed by atoms with E-state index in [-0.39, 0.29) is 18.3 Å². The van der Waals surface area contributed by atoms with Crippen LogP contribution in [0.2, 0.25) is 0 Å². The lowest BCUT2D eigenvalue weighted by Gasteiger charge is -2.29. The Morgan fingerprint density at radius 2 is 2.28 bits per heavy atom. The first-order valence-corrected chi connectivity index (χ1v) is 6.20. The lowest BCUT2D eigenvalue weighted by Crippen LogP contribution is -2.38. The molecule has 1 aromatic rings. The standard InChI is InChI=1S/C12H17N3O3/c16-9-11-4-2-1-3-7-14(11)12-6-5-10(8-13-12)15(17)18/h5-6,8,11,16H,1-4,7,9H2. The highest BCUT2D eigenvalue weighted by molar-refractivity contribution is 5.44. The lowest BCUT2D eigenvalue weighted by molar-refractivity contribution is -0.385. The van der Waals surface area contributed by atoms with E-state index in [2.05, 4.69) is 9.88 Å². The van der Waals surface area contributed by atoms with Crippen molar-refractivity contribution in [1.29, 1.82) is 0 Å². The third-order valence-electron chi connectivity index (χ3n) is 3.33. The molecule has 0 saturated carbocycles. The van der Waals surface area contributed by atoms with Crippen LogP contribution in [0, 0.1) is 10.1 Å². The fourth-order valence-electron chi connectivity index (χ4n) is 2.32. The van der Waals surface area contributed by atoms with E-state index in [1.54, 1.807) is 6.07 Å². The minimum atomic E-state index is -0.456. The van der Waals surface area contributed by atoms with Gasteiger partial charge in [-0.3, -0.25) is 10.1 Å². The van der Waals surface area contributed by atoms with Crippen molar-refractivity contribution in [1.82, 2.24) is 4.98 Å². The van der Waals surface area contributed by atoms with Gasteiger partial charge >= 0.3 is 0 Å². The number of aliphatic hydroxyl groups is 1. The zero-order valence-electron chi connectivity index (χ0n) is 10.2. The molecule has 0 aromatic carbocycles. The van der Waals surface area contributed by atoms with Gasteiger partial charge in [-0.15, -0.1) is 0 Å². The van der Waals surface area contributed by atoms with Gasteiger partial charge in [-0.2, -0.15) is 0 Å². The van der Waals surface area contributed by atoms with Gasteiger partial charge in [0.25, 0.3) is 5.69 Å². The third-order valence-corrected chi connectivity index (χ3v) is 3.33. The molecule has 98 valence electrons. The van der Waals surface area contributed by atoms with Crippen LogP contribution in [0.3, 0.4) is 0 Å². The molecule has 0 amide bonds. The van der Waals surface area contributed by atoms with Crippen molar-refractivity contribution in [3.8, 4) is 0 Å². The fourth-order valence-corrected chi connectivity index (χ4v) is 2.32. The average molecular weight is 251 g/mol. The molecule has 1 aromatic heterocycles. The van der Waals surface area contributed by atoms with Crippen molar-refractivity contribution in [3.05, 3.63) is 28.4 Å². The molecule has 1 aliphatic rings. The number of rotatable bonds is 3. The number of aromatic nitrogens is 1. The molecular weight excluding hydrogens is 234 g/mol. The van der Waals surface area contributed by atoms with E-state index < -0.39 is 4.92 Å². The maximum atomic E-state index is 10.6. The molecule has 2 heterocycles. The SMILES string of the molecule is O=[N+]([O-])c1ccc(N2CCCCCC2CO)nc1. The van der Waals surface area contributed by atoms with Crippen LogP contribution in [0.4, 0.5) is 11.5 Å². The Balaban J connectivity index is 2.19. The zero-order valence-corrected chi connectivity index (χ0v) is 10.2. The molecule has 6 heteroatoms. The Morgan fingerprint density at radius 3 is 2.89 bits per heavy atom. The largest absolute Gasteiger partial charge is 0.394 e. The molecule has 0 radical (unpaired) electrons. The van der Waals surface area contributed by atoms with E-state index in [1.165, 1.54) is 12.3 Å². The van der Waals surface area contributed by atoms with Crippen molar-refractivity contribution >= 4 is 11.5 Å². The Labute approximate surface area is 105 Å². The summed E-state index contributed by atoms with van der Waals surface area (Å²) in [6.07, 6.45) is 5.54. The molecule has 18 heavy (non-hydrogen) atoms. The van der Waals surface area contributed by atoms with Gasteiger partial charge < -0.3 is 10.0 Å². The first-order valence-electron chi connectivity index (χ1n) is 6.20. The third kappa shape index (κ3) is 2.76. The summed E-state index contributed by atoms with van der Waals surface area (Å²) in [4.78, 5) is 16.3. The van der Waals surface area contributed by atoms with Crippen molar-refractivity contribution in [2.24, 2.45) is 0 Å². The number of hydrogen-bond donors (Lipinski definition) is 1. The zero-order chi connectivity index (χ0) is 13.0. The summed E-state index contributed by atoms with van der Waals surface area (Å²) >= 11 is 0. The molecule has 6 nitrogen and oxygen atoms in total. The lowest BCUT2D eigenvalue weighted by atomic mass is 10.1. The van der Waals surface area contributed by atoms with Crippen LogP contribution in [0.25, 0.3) is 0 Å². The smallest absolute Gasteiger partial charge is 0.287 e. The van der Waals surface area contributed by atoms with Crippen LogP contribution in [0.1, 0.15) is 25.7 Å². The van der Waals surface area contributed by atoms with Crippen molar-refractivity contribution < 1.29 is 10.0 Å². The van der Waals surface area contributed by atoms with Crippen molar-refractivity contribution in [3.63, 3.8) is 0 Å². The van der Waals surface area contributed by atoms with E-state index in [9.17, 15) is 15.2 Å². The van der Waals surface area contributed by atoms with E-state index in [0.717, 1.165) is 32.2 Å². The molecule has 2 rings (SSSR count). The van der Waals surface area contributed by atoms with Gasteiger partial charge in [0, 0.05) is 12.6 Å². The predicted octanol–water partition coefficient (Wildman–Crippen LogP) is 1.73. The first kappa shape index (κ1) is 12.8. The predicted molar refractivity (Wildman–Crippen MR) is 67.6 cm³/mol. The summed E-state index contributed by atoms with van der Waals surface area (Å²) in [6.45, 7) is 0.939. The molecule has 1 unspecified atom stereocenters. The summed E-state index contributed by atoms with van der Waals surface area (Å²) in [7, 11) is 0. The summed E-state index contributed by atoms with van der Waals surface area (Å²) < 4.78 is 0. The fraction of sp³-hybridized carbons (Fsp3) is 0.583. The Morgan fingerprint density at radius 1 is 1.44 bits per heavy atom. The minimum absolute atomic E-state index is 0.00544. The molecule has 0 aliphatic carbocycles. The van der Waals surface area contributed by atoms with Gasteiger partial charge in [-0.05, 0) is 18.9 Å². The van der Waals surface area contributed by atoms with E-state index in [1.807, 2.05) is 0 Å². The van der Waals surface area contributed by atoms with Crippen LogP contribution in [-0.4, -0.2) is 34.2 Å². The average Bonchev–Trinajstić information content (AvgIpc) is 2.63. The van der Waals surface area contributed by atoms with Gasteiger partial charge in [0.15, 0.2) is 0 Å². The molecular formula is C12H17N3O3. The van der Waals surface area contributed by atoms with Gasteiger partial charge in [-0.25, -0.2) is 4.98 Å². The monoisotopic (exact) mass is 251 g/mol. The molecule has 1 aliphatic heterocycles. The number of aliphatic hydroxyl groups excluding tert-OH is 1. The highest BCUT2D eigenvalue weighted by Gasteiger charge is 2.21. The van der Waals surface area contributed by atoms with Crippen LogP contribution >= 0.6 is 0 Å². The number of anilines is 1. The van der Waals surface area contributed by atoms with Crippen LogP contribution < -0.4 is 4.90 Å². The normalized spacial score (nSPS) is 20.5. The van der Waals surface area contributed by atoms with Crippen LogP contribution in [-0.2, 0) is 0 Å². The number of nitrogens with zero attached hydrogens (tertiary/aromatic N) is 3. The summed E-state index contributed by atoms with van der Waals surface area (Å²) in [5.41, 5.74) is -0.00544. The van der Waals surface area contributed by atoms with Crippen molar-refractivity contribution in [2.45, 2.75) is 31.7 Å². The summed E-state index contributed by atoms with van der Waals surface area (Å²) in [5.74, 6) is 0.710. The van der Waals surface area contributed by atoms with Gasteiger partial charge in [0.1, 0.15) is 12.0 Å². The maximum Gasteiger partial charge on any atom is 0.287 e. The van der Waals surface area contributed by atoms with Crippen LogP contribution in [0.5, 0.6) is 0 Å². The molecule has 1 atom stereocenters. The Kier molecular flexibility index (Phi) is 4.09. The Hall–Kier alpha value is -1.69. The van der Waals surface area contributed by atoms with Gasteiger partial charge in [-0.1, -0.05) is 12.8 Å². The molecule has 1 N–H and O–H groups in total. The first-order chi connectivity index (χ1) is 8.72. The van der Waals surface area contributed by atoms with E-state index in [0.29, 0.717) is 5.82 Å². The molecule has 1 fully saturated rings. The maximum absolute atomic E-state index is 10.6. The minimum Gasteiger partial charge on any atom is -0.394 e. The molecule has 1 saturated heterocycles. The second-order valence-corrected chi connectivity index (χ2v) is 4.51. The number of hydrogen-bond acceptors (Lipinski definition) is 5. The molecule has 0 bridgehead atoms. The topological polar surface area (TPSA) is 79.5 Å². The molecule has 0 spiro atoms.